The Morgan fingerprint density at radius 1 is 1.47 bits per heavy atom. The minimum absolute atomic E-state index is 0.249. The van der Waals surface area contributed by atoms with E-state index in [1.807, 2.05) is 0 Å². The zero-order valence-electron chi connectivity index (χ0n) is 11.1. The molecule has 6 nitrogen and oxygen atoms in total. The lowest BCUT2D eigenvalue weighted by Crippen LogP contribution is -2.39. The van der Waals surface area contributed by atoms with Crippen LogP contribution in [-0.4, -0.2) is 60.4 Å². The van der Waals surface area contributed by atoms with Crippen LogP contribution in [0.25, 0.3) is 0 Å². The Labute approximate surface area is 112 Å². The quantitative estimate of drug-likeness (QED) is 0.821. The molecule has 0 spiro atoms. The number of aromatic carboxylic acids is 1. The molecular formula is C13H19N3O3. The maximum atomic E-state index is 10.9. The van der Waals surface area contributed by atoms with Crippen LogP contribution >= 0.6 is 0 Å². The first-order chi connectivity index (χ1) is 9.16. The van der Waals surface area contributed by atoms with E-state index in [9.17, 15) is 4.79 Å². The molecule has 0 aromatic carbocycles. The highest BCUT2D eigenvalue weighted by atomic mass is 16.5. The predicted octanol–water partition coefficient (Wildman–Crippen LogP) is 0.832. The zero-order valence-corrected chi connectivity index (χ0v) is 11.1. The number of hydrogen-bond acceptors (Lipinski definition) is 5. The van der Waals surface area contributed by atoms with Crippen LogP contribution in [0.5, 0.6) is 0 Å². The van der Waals surface area contributed by atoms with E-state index in [0.717, 1.165) is 45.2 Å². The van der Waals surface area contributed by atoms with Crippen LogP contribution < -0.4 is 5.32 Å². The molecule has 1 saturated heterocycles. The molecule has 2 rings (SSSR count). The Bertz CT molecular complexity index is 445. The number of ether oxygens (including phenoxy) is 1. The minimum Gasteiger partial charge on any atom is -0.478 e. The molecule has 0 bridgehead atoms. The average molecular weight is 265 g/mol. The van der Waals surface area contributed by atoms with Gasteiger partial charge in [0.05, 0.1) is 24.5 Å². The SMILES string of the molecule is Cc1nc(NCCN2CCOCC2)ccc1C(=O)O. The van der Waals surface area contributed by atoms with Crippen LogP contribution in [-0.2, 0) is 4.74 Å². The molecule has 2 N–H and O–H groups in total. The molecule has 19 heavy (non-hydrogen) atoms. The first-order valence-corrected chi connectivity index (χ1v) is 6.42. The van der Waals surface area contributed by atoms with E-state index < -0.39 is 5.97 Å². The summed E-state index contributed by atoms with van der Waals surface area (Å²) in [6.45, 7) is 6.95. The highest BCUT2D eigenvalue weighted by Gasteiger charge is 2.10. The molecule has 1 fully saturated rings. The maximum Gasteiger partial charge on any atom is 0.337 e. The number of morpholine rings is 1. The first-order valence-electron chi connectivity index (χ1n) is 6.42. The van der Waals surface area contributed by atoms with Gasteiger partial charge < -0.3 is 15.2 Å². The summed E-state index contributed by atoms with van der Waals surface area (Å²) in [6.07, 6.45) is 0. The molecule has 104 valence electrons. The number of nitrogens with one attached hydrogen (secondary N) is 1. The van der Waals surface area contributed by atoms with Gasteiger partial charge in [0.1, 0.15) is 5.82 Å². The number of anilines is 1. The number of nitrogens with zero attached hydrogens (tertiary/aromatic N) is 2. The smallest absolute Gasteiger partial charge is 0.337 e. The standard InChI is InChI=1S/C13H19N3O3/c1-10-11(13(17)18)2-3-12(15-10)14-4-5-16-6-8-19-9-7-16/h2-3H,4-9H2,1H3,(H,14,15)(H,17,18). The number of aromatic nitrogens is 1. The number of carbonyl (C=O) groups is 1. The van der Waals surface area contributed by atoms with Crippen LogP contribution in [0, 0.1) is 6.92 Å². The van der Waals surface area contributed by atoms with Gasteiger partial charge in [0.2, 0.25) is 0 Å². The fourth-order valence-corrected chi connectivity index (χ4v) is 2.05. The number of carboxylic acid groups (broad SMARTS) is 1. The molecular weight excluding hydrogens is 246 g/mol. The van der Waals surface area contributed by atoms with Crippen LogP contribution in [0.2, 0.25) is 0 Å². The lowest BCUT2D eigenvalue weighted by Gasteiger charge is -2.26. The molecule has 1 aromatic rings. The topological polar surface area (TPSA) is 74.7 Å². The monoisotopic (exact) mass is 265 g/mol. The van der Waals surface area contributed by atoms with Gasteiger partial charge in [-0.05, 0) is 19.1 Å². The third-order valence-corrected chi connectivity index (χ3v) is 3.15. The second-order valence-electron chi connectivity index (χ2n) is 4.52. The van der Waals surface area contributed by atoms with Gasteiger partial charge in [0.25, 0.3) is 0 Å². The van der Waals surface area contributed by atoms with Gasteiger partial charge in [-0.25, -0.2) is 9.78 Å². The Morgan fingerprint density at radius 2 is 2.21 bits per heavy atom. The van der Waals surface area contributed by atoms with Crippen molar-refractivity contribution in [3.8, 4) is 0 Å². The van der Waals surface area contributed by atoms with E-state index in [0.29, 0.717) is 5.69 Å². The summed E-state index contributed by atoms with van der Waals surface area (Å²) in [5.41, 5.74) is 0.780. The fraction of sp³-hybridized carbons (Fsp3) is 0.538. The number of carboxylic acids is 1. The third-order valence-electron chi connectivity index (χ3n) is 3.15. The normalized spacial score (nSPS) is 16.3. The third kappa shape index (κ3) is 3.90. The van der Waals surface area contributed by atoms with Gasteiger partial charge in [0, 0.05) is 26.2 Å². The number of aryl methyl sites for hydroxylation is 1. The Morgan fingerprint density at radius 3 is 2.84 bits per heavy atom. The molecule has 0 amide bonds. The van der Waals surface area contributed by atoms with Crippen molar-refractivity contribution in [3.05, 3.63) is 23.4 Å². The van der Waals surface area contributed by atoms with Crippen molar-refractivity contribution < 1.29 is 14.6 Å². The molecule has 1 aliphatic heterocycles. The molecule has 0 radical (unpaired) electrons. The lowest BCUT2D eigenvalue weighted by atomic mass is 10.2. The molecule has 2 heterocycles. The number of rotatable bonds is 5. The zero-order chi connectivity index (χ0) is 13.7. The van der Waals surface area contributed by atoms with Crippen molar-refractivity contribution in [3.63, 3.8) is 0 Å². The second kappa shape index (κ2) is 6.49. The van der Waals surface area contributed by atoms with Gasteiger partial charge in [0.15, 0.2) is 0 Å². The predicted molar refractivity (Wildman–Crippen MR) is 71.7 cm³/mol. The summed E-state index contributed by atoms with van der Waals surface area (Å²) in [6, 6.07) is 3.29. The Balaban J connectivity index is 1.82. The number of pyridine rings is 1. The van der Waals surface area contributed by atoms with Crippen molar-refractivity contribution in [2.75, 3.05) is 44.7 Å². The minimum atomic E-state index is -0.940. The lowest BCUT2D eigenvalue weighted by molar-refractivity contribution is 0.0398. The Hall–Kier alpha value is -1.66. The van der Waals surface area contributed by atoms with Gasteiger partial charge in [-0.15, -0.1) is 0 Å². The largest absolute Gasteiger partial charge is 0.478 e. The van der Waals surface area contributed by atoms with E-state index in [1.165, 1.54) is 0 Å². The summed E-state index contributed by atoms with van der Waals surface area (Å²) in [5, 5.41) is 12.1. The Kier molecular flexibility index (Phi) is 4.70. The van der Waals surface area contributed by atoms with Crippen molar-refractivity contribution in [2.45, 2.75) is 6.92 Å². The van der Waals surface area contributed by atoms with Crippen molar-refractivity contribution in [1.29, 1.82) is 0 Å². The highest BCUT2D eigenvalue weighted by Crippen LogP contribution is 2.10. The summed E-state index contributed by atoms with van der Waals surface area (Å²) in [5.74, 6) is -0.222. The van der Waals surface area contributed by atoms with Crippen LogP contribution in [0.4, 0.5) is 5.82 Å². The van der Waals surface area contributed by atoms with E-state index >= 15 is 0 Å². The summed E-state index contributed by atoms with van der Waals surface area (Å²) in [7, 11) is 0. The first kappa shape index (κ1) is 13.8. The van der Waals surface area contributed by atoms with E-state index in [2.05, 4.69) is 15.2 Å². The molecule has 6 heteroatoms. The van der Waals surface area contributed by atoms with Gasteiger partial charge in [-0.2, -0.15) is 0 Å². The second-order valence-corrected chi connectivity index (χ2v) is 4.52. The fourth-order valence-electron chi connectivity index (χ4n) is 2.05. The van der Waals surface area contributed by atoms with Gasteiger partial charge in [-0.3, -0.25) is 4.90 Å². The summed E-state index contributed by atoms with van der Waals surface area (Å²) >= 11 is 0. The molecule has 0 atom stereocenters. The molecule has 0 saturated carbocycles. The summed E-state index contributed by atoms with van der Waals surface area (Å²) < 4.78 is 5.29. The molecule has 0 aliphatic carbocycles. The molecule has 0 unspecified atom stereocenters. The van der Waals surface area contributed by atoms with Crippen molar-refractivity contribution in [1.82, 2.24) is 9.88 Å². The van der Waals surface area contributed by atoms with E-state index in [-0.39, 0.29) is 5.56 Å². The molecule has 1 aliphatic rings. The highest BCUT2D eigenvalue weighted by molar-refractivity contribution is 5.89. The average Bonchev–Trinajstić information content (AvgIpc) is 2.39. The van der Waals surface area contributed by atoms with Crippen LogP contribution in [0.1, 0.15) is 16.1 Å². The van der Waals surface area contributed by atoms with Crippen LogP contribution in [0.3, 0.4) is 0 Å². The van der Waals surface area contributed by atoms with Crippen molar-refractivity contribution in [2.24, 2.45) is 0 Å². The molecule has 1 aromatic heterocycles. The summed E-state index contributed by atoms with van der Waals surface area (Å²) in [4.78, 5) is 17.4. The van der Waals surface area contributed by atoms with Crippen molar-refractivity contribution >= 4 is 11.8 Å². The van der Waals surface area contributed by atoms with Crippen LogP contribution in [0.15, 0.2) is 12.1 Å². The van der Waals surface area contributed by atoms with Gasteiger partial charge in [-0.1, -0.05) is 0 Å². The maximum absolute atomic E-state index is 10.9. The van der Waals surface area contributed by atoms with E-state index in [4.69, 9.17) is 9.84 Å². The number of hydrogen-bond donors (Lipinski definition) is 2. The van der Waals surface area contributed by atoms with E-state index in [1.54, 1.807) is 19.1 Å². The van der Waals surface area contributed by atoms with Gasteiger partial charge >= 0.3 is 5.97 Å².